The molecule has 0 atom stereocenters. The van der Waals surface area contributed by atoms with E-state index in [2.05, 4.69) is 10.6 Å². The molecule has 1 rings (SSSR count). The highest BCUT2D eigenvalue weighted by atomic mass is 35.5. The number of benzene rings is 1. The first-order valence-corrected chi connectivity index (χ1v) is 6.31. The van der Waals surface area contributed by atoms with Crippen LogP contribution in [0.1, 0.15) is 12.0 Å². The molecule has 1 aromatic carbocycles. The Morgan fingerprint density at radius 1 is 1.44 bits per heavy atom. The van der Waals surface area contributed by atoms with Gasteiger partial charge in [-0.1, -0.05) is 11.6 Å². The summed E-state index contributed by atoms with van der Waals surface area (Å²) in [4.78, 5) is 11.1. The highest BCUT2D eigenvalue weighted by Gasteiger charge is 2.01. The minimum atomic E-state index is 0.000161. The zero-order chi connectivity index (χ0) is 13.4. The summed E-state index contributed by atoms with van der Waals surface area (Å²) in [5.41, 5.74) is 1.02. The van der Waals surface area contributed by atoms with Gasteiger partial charge in [0.1, 0.15) is 5.75 Å². The van der Waals surface area contributed by atoms with Gasteiger partial charge in [-0.25, -0.2) is 0 Å². The van der Waals surface area contributed by atoms with Gasteiger partial charge >= 0.3 is 0 Å². The van der Waals surface area contributed by atoms with Gasteiger partial charge in [0, 0.05) is 11.6 Å². The minimum absolute atomic E-state index is 0.000161. The van der Waals surface area contributed by atoms with E-state index in [0.29, 0.717) is 24.7 Å². The Morgan fingerprint density at radius 3 is 2.89 bits per heavy atom. The Hall–Kier alpha value is -1.26. The van der Waals surface area contributed by atoms with Crippen molar-refractivity contribution in [3.05, 3.63) is 28.8 Å². The third-order valence-electron chi connectivity index (χ3n) is 2.38. The van der Waals surface area contributed by atoms with Crippen molar-refractivity contribution >= 4 is 17.5 Å². The van der Waals surface area contributed by atoms with Crippen LogP contribution >= 0.6 is 11.6 Å². The van der Waals surface area contributed by atoms with Crippen LogP contribution in [-0.2, 0) is 4.79 Å². The number of ether oxygens (including phenoxy) is 1. The molecule has 18 heavy (non-hydrogen) atoms. The van der Waals surface area contributed by atoms with Crippen molar-refractivity contribution in [1.82, 2.24) is 10.6 Å². The van der Waals surface area contributed by atoms with Gasteiger partial charge in [-0.3, -0.25) is 4.79 Å². The number of carbonyl (C=O) groups excluding carboxylic acids is 1. The summed E-state index contributed by atoms with van der Waals surface area (Å²) in [6.45, 7) is 3.49. The van der Waals surface area contributed by atoms with Crippen LogP contribution in [0.4, 0.5) is 0 Å². The SMILES string of the molecule is CNCC(=O)NCCCOc1ccc(Cl)cc1C. The van der Waals surface area contributed by atoms with Crippen LogP contribution in [0.2, 0.25) is 5.02 Å². The topological polar surface area (TPSA) is 50.4 Å². The summed E-state index contributed by atoms with van der Waals surface area (Å²) in [6, 6.07) is 5.53. The number of hydrogen-bond acceptors (Lipinski definition) is 3. The Kier molecular flexibility index (Phi) is 6.54. The maximum absolute atomic E-state index is 11.1. The third-order valence-corrected chi connectivity index (χ3v) is 2.61. The maximum atomic E-state index is 11.1. The molecule has 1 aromatic rings. The lowest BCUT2D eigenvalue weighted by Crippen LogP contribution is -2.33. The molecule has 4 nitrogen and oxygen atoms in total. The van der Waals surface area contributed by atoms with Crippen LogP contribution in [-0.4, -0.2) is 32.7 Å². The van der Waals surface area contributed by atoms with Crippen molar-refractivity contribution in [3.63, 3.8) is 0 Å². The normalized spacial score (nSPS) is 10.2. The predicted molar refractivity (Wildman–Crippen MR) is 73.2 cm³/mol. The van der Waals surface area contributed by atoms with Crippen LogP contribution in [0, 0.1) is 6.92 Å². The molecule has 0 spiro atoms. The van der Waals surface area contributed by atoms with Gasteiger partial charge in [-0.05, 0) is 44.2 Å². The Balaban J connectivity index is 2.20. The molecule has 0 aliphatic rings. The number of hydrogen-bond donors (Lipinski definition) is 2. The Bertz CT molecular complexity index is 397. The molecule has 0 aliphatic heterocycles. The van der Waals surface area contributed by atoms with E-state index in [9.17, 15) is 4.79 Å². The molecule has 0 radical (unpaired) electrons. The third kappa shape index (κ3) is 5.38. The Labute approximate surface area is 113 Å². The molecule has 100 valence electrons. The van der Waals surface area contributed by atoms with E-state index in [1.807, 2.05) is 19.1 Å². The number of aryl methyl sites for hydroxylation is 1. The van der Waals surface area contributed by atoms with Gasteiger partial charge in [-0.15, -0.1) is 0 Å². The summed E-state index contributed by atoms with van der Waals surface area (Å²) in [5, 5.41) is 6.29. The number of halogens is 1. The van der Waals surface area contributed by atoms with Crippen LogP contribution in [0.5, 0.6) is 5.75 Å². The molecule has 0 unspecified atom stereocenters. The van der Waals surface area contributed by atoms with Crippen LogP contribution in [0.3, 0.4) is 0 Å². The van der Waals surface area contributed by atoms with E-state index < -0.39 is 0 Å². The first-order chi connectivity index (χ1) is 8.63. The molecule has 0 heterocycles. The number of likely N-dealkylation sites (N-methyl/N-ethyl adjacent to an activating group) is 1. The van der Waals surface area contributed by atoms with Gasteiger partial charge in [0.2, 0.25) is 5.91 Å². The summed E-state index contributed by atoms with van der Waals surface area (Å²) in [5.74, 6) is 0.834. The van der Waals surface area contributed by atoms with Gasteiger partial charge in [0.15, 0.2) is 0 Å². The number of carbonyl (C=O) groups is 1. The molecule has 0 saturated carbocycles. The van der Waals surface area contributed by atoms with E-state index in [-0.39, 0.29) is 5.91 Å². The van der Waals surface area contributed by atoms with Crippen LogP contribution in [0.15, 0.2) is 18.2 Å². The van der Waals surface area contributed by atoms with Gasteiger partial charge in [-0.2, -0.15) is 0 Å². The molecule has 0 saturated heterocycles. The predicted octanol–water partition coefficient (Wildman–Crippen LogP) is 1.75. The van der Waals surface area contributed by atoms with Crippen molar-refractivity contribution in [1.29, 1.82) is 0 Å². The van der Waals surface area contributed by atoms with Crippen LogP contribution < -0.4 is 15.4 Å². The van der Waals surface area contributed by atoms with E-state index in [4.69, 9.17) is 16.3 Å². The van der Waals surface area contributed by atoms with Gasteiger partial charge < -0.3 is 15.4 Å². The second-order valence-electron chi connectivity index (χ2n) is 3.99. The maximum Gasteiger partial charge on any atom is 0.233 e. The molecule has 1 amide bonds. The zero-order valence-corrected chi connectivity index (χ0v) is 11.5. The summed E-state index contributed by atoms with van der Waals surface area (Å²) in [7, 11) is 1.74. The standard InChI is InChI=1S/C13H19ClN2O2/c1-10-8-11(14)4-5-12(10)18-7-3-6-16-13(17)9-15-2/h4-5,8,15H,3,6-7,9H2,1-2H3,(H,16,17). The minimum Gasteiger partial charge on any atom is -0.493 e. The Morgan fingerprint density at radius 2 is 2.22 bits per heavy atom. The lowest BCUT2D eigenvalue weighted by molar-refractivity contribution is -0.120. The van der Waals surface area contributed by atoms with Crippen molar-refractivity contribution in [2.75, 3.05) is 26.7 Å². The van der Waals surface area contributed by atoms with Crippen molar-refractivity contribution < 1.29 is 9.53 Å². The van der Waals surface area contributed by atoms with E-state index in [1.54, 1.807) is 13.1 Å². The molecule has 0 aromatic heterocycles. The zero-order valence-electron chi connectivity index (χ0n) is 10.8. The molecular weight excluding hydrogens is 252 g/mol. The number of nitrogens with one attached hydrogen (secondary N) is 2. The quantitative estimate of drug-likeness (QED) is 0.743. The fourth-order valence-electron chi connectivity index (χ4n) is 1.48. The highest BCUT2D eigenvalue weighted by Crippen LogP contribution is 2.21. The van der Waals surface area contributed by atoms with Crippen molar-refractivity contribution in [2.45, 2.75) is 13.3 Å². The summed E-state index contributed by atoms with van der Waals surface area (Å²) < 4.78 is 5.61. The average Bonchev–Trinajstić information content (AvgIpc) is 2.31. The summed E-state index contributed by atoms with van der Waals surface area (Å²) >= 11 is 5.86. The van der Waals surface area contributed by atoms with Crippen LogP contribution in [0.25, 0.3) is 0 Å². The first kappa shape index (κ1) is 14.8. The first-order valence-electron chi connectivity index (χ1n) is 5.93. The molecular formula is C13H19ClN2O2. The van der Waals surface area contributed by atoms with E-state index in [1.165, 1.54) is 0 Å². The van der Waals surface area contributed by atoms with Crippen molar-refractivity contribution in [2.24, 2.45) is 0 Å². The summed E-state index contributed by atoms with van der Waals surface area (Å²) in [6.07, 6.45) is 0.775. The second-order valence-corrected chi connectivity index (χ2v) is 4.43. The molecule has 0 bridgehead atoms. The van der Waals surface area contributed by atoms with Gasteiger partial charge in [0.05, 0.1) is 13.2 Å². The fourth-order valence-corrected chi connectivity index (χ4v) is 1.71. The van der Waals surface area contributed by atoms with E-state index >= 15 is 0 Å². The molecule has 2 N–H and O–H groups in total. The molecule has 0 fully saturated rings. The number of amides is 1. The number of rotatable bonds is 7. The molecule has 0 aliphatic carbocycles. The largest absolute Gasteiger partial charge is 0.493 e. The highest BCUT2D eigenvalue weighted by molar-refractivity contribution is 6.30. The second kappa shape index (κ2) is 7.95. The van der Waals surface area contributed by atoms with Gasteiger partial charge in [0.25, 0.3) is 0 Å². The monoisotopic (exact) mass is 270 g/mol. The lowest BCUT2D eigenvalue weighted by Gasteiger charge is -2.09. The lowest BCUT2D eigenvalue weighted by atomic mass is 10.2. The average molecular weight is 271 g/mol. The van der Waals surface area contributed by atoms with E-state index in [0.717, 1.165) is 17.7 Å². The molecule has 5 heteroatoms. The van der Waals surface area contributed by atoms with Crippen molar-refractivity contribution in [3.8, 4) is 5.75 Å². The smallest absolute Gasteiger partial charge is 0.233 e. The fraction of sp³-hybridized carbons (Fsp3) is 0.462.